The summed E-state index contributed by atoms with van der Waals surface area (Å²) >= 11 is 0. The maximum Gasteiger partial charge on any atom is 0.121 e. The SMILES string of the molecule is [N-]=[N+]=NCCCCCCOc1cccc(N)c1. The summed E-state index contributed by atoms with van der Waals surface area (Å²) in [4.78, 5) is 2.71. The van der Waals surface area contributed by atoms with E-state index in [2.05, 4.69) is 10.0 Å². The van der Waals surface area contributed by atoms with Crippen LogP contribution in [0.4, 0.5) is 5.69 Å². The molecule has 17 heavy (non-hydrogen) atoms. The van der Waals surface area contributed by atoms with Gasteiger partial charge in [-0.25, -0.2) is 0 Å². The number of rotatable bonds is 8. The molecular weight excluding hydrogens is 216 g/mol. The third kappa shape index (κ3) is 6.33. The van der Waals surface area contributed by atoms with Gasteiger partial charge in [0.2, 0.25) is 0 Å². The molecular formula is C12H18N4O. The van der Waals surface area contributed by atoms with Gasteiger partial charge in [-0.2, -0.15) is 0 Å². The molecule has 0 saturated carbocycles. The van der Waals surface area contributed by atoms with Gasteiger partial charge in [-0.3, -0.25) is 0 Å². The molecule has 0 unspecified atom stereocenters. The molecule has 0 aliphatic rings. The van der Waals surface area contributed by atoms with E-state index in [1.54, 1.807) is 0 Å². The largest absolute Gasteiger partial charge is 0.494 e. The second-order valence-corrected chi connectivity index (χ2v) is 3.79. The quantitative estimate of drug-likeness (QED) is 0.245. The van der Waals surface area contributed by atoms with Gasteiger partial charge in [0.1, 0.15) is 5.75 Å². The van der Waals surface area contributed by atoms with Crippen molar-refractivity contribution in [2.24, 2.45) is 5.11 Å². The molecule has 0 fully saturated rings. The Bertz CT molecular complexity index is 375. The normalized spacial score (nSPS) is 9.65. The molecule has 1 rings (SSSR count). The monoisotopic (exact) mass is 234 g/mol. The zero-order valence-electron chi connectivity index (χ0n) is 9.88. The van der Waals surface area contributed by atoms with Gasteiger partial charge in [0.25, 0.3) is 0 Å². The lowest BCUT2D eigenvalue weighted by molar-refractivity contribution is 0.305. The molecule has 0 atom stereocenters. The average molecular weight is 234 g/mol. The van der Waals surface area contributed by atoms with Crippen LogP contribution in [-0.2, 0) is 0 Å². The van der Waals surface area contributed by atoms with E-state index in [1.807, 2.05) is 24.3 Å². The van der Waals surface area contributed by atoms with Crippen LogP contribution in [0.5, 0.6) is 5.75 Å². The van der Waals surface area contributed by atoms with E-state index in [9.17, 15) is 0 Å². The maximum atomic E-state index is 8.08. The van der Waals surface area contributed by atoms with Crippen LogP contribution in [0.2, 0.25) is 0 Å². The number of nitrogens with two attached hydrogens (primary N) is 1. The first-order valence-corrected chi connectivity index (χ1v) is 5.82. The van der Waals surface area contributed by atoms with E-state index < -0.39 is 0 Å². The van der Waals surface area contributed by atoms with E-state index in [0.717, 1.165) is 37.1 Å². The van der Waals surface area contributed by atoms with E-state index in [1.165, 1.54) is 0 Å². The first-order chi connectivity index (χ1) is 8.33. The highest BCUT2D eigenvalue weighted by molar-refractivity contribution is 5.43. The fourth-order valence-electron chi connectivity index (χ4n) is 1.48. The van der Waals surface area contributed by atoms with Crippen molar-refractivity contribution in [2.45, 2.75) is 25.7 Å². The van der Waals surface area contributed by atoms with Gasteiger partial charge in [-0.15, -0.1) is 0 Å². The molecule has 0 saturated heterocycles. The fraction of sp³-hybridized carbons (Fsp3) is 0.500. The molecule has 1 aromatic carbocycles. The molecule has 0 spiro atoms. The molecule has 5 nitrogen and oxygen atoms in total. The van der Waals surface area contributed by atoms with Crippen LogP contribution in [0.1, 0.15) is 25.7 Å². The first-order valence-electron chi connectivity index (χ1n) is 5.82. The molecule has 0 heterocycles. The minimum absolute atomic E-state index is 0.590. The maximum absolute atomic E-state index is 8.08. The van der Waals surface area contributed by atoms with Crippen LogP contribution in [0.15, 0.2) is 29.4 Å². The summed E-state index contributed by atoms with van der Waals surface area (Å²) in [5.41, 5.74) is 14.4. The van der Waals surface area contributed by atoms with Crippen molar-refractivity contribution in [3.63, 3.8) is 0 Å². The highest BCUT2D eigenvalue weighted by Crippen LogP contribution is 2.14. The number of benzene rings is 1. The van der Waals surface area contributed by atoms with E-state index in [0.29, 0.717) is 13.2 Å². The molecule has 0 amide bonds. The van der Waals surface area contributed by atoms with Gasteiger partial charge in [0.15, 0.2) is 0 Å². The van der Waals surface area contributed by atoms with Crippen molar-refractivity contribution in [2.75, 3.05) is 18.9 Å². The number of nitrogen functional groups attached to an aromatic ring is 1. The first kappa shape index (κ1) is 13.2. The Balaban J connectivity index is 2.02. The fourth-order valence-corrected chi connectivity index (χ4v) is 1.48. The predicted octanol–water partition coefficient (Wildman–Crippen LogP) is 3.52. The molecule has 92 valence electrons. The predicted molar refractivity (Wildman–Crippen MR) is 68.8 cm³/mol. The Hall–Kier alpha value is -1.87. The molecule has 5 heteroatoms. The summed E-state index contributed by atoms with van der Waals surface area (Å²) in [5, 5.41) is 3.48. The Morgan fingerprint density at radius 2 is 2.06 bits per heavy atom. The standard InChI is InChI=1S/C12H18N4O/c13-11-6-5-7-12(10-11)17-9-4-2-1-3-8-15-16-14/h5-7,10H,1-4,8-9,13H2. The Kier molecular flexibility index (Phi) is 6.44. The van der Waals surface area contributed by atoms with Crippen LogP contribution in [0.3, 0.4) is 0 Å². The zero-order chi connectivity index (χ0) is 12.3. The van der Waals surface area contributed by atoms with Crippen LogP contribution >= 0.6 is 0 Å². The molecule has 0 aliphatic heterocycles. The third-order valence-electron chi connectivity index (χ3n) is 2.34. The minimum atomic E-state index is 0.590. The number of unbranched alkanes of at least 4 members (excludes halogenated alkanes) is 3. The highest BCUT2D eigenvalue weighted by atomic mass is 16.5. The number of hydrogen-bond acceptors (Lipinski definition) is 3. The number of hydrogen-bond donors (Lipinski definition) is 1. The van der Waals surface area contributed by atoms with Crippen LogP contribution in [0, 0.1) is 0 Å². The van der Waals surface area contributed by atoms with Gasteiger partial charge < -0.3 is 10.5 Å². The second kappa shape index (κ2) is 8.30. The van der Waals surface area contributed by atoms with Crippen molar-refractivity contribution in [3.8, 4) is 5.75 Å². The number of nitrogens with zero attached hydrogens (tertiary/aromatic N) is 3. The lowest BCUT2D eigenvalue weighted by Crippen LogP contribution is -1.98. The van der Waals surface area contributed by atoms with E-state index in [-0.39, 0.29) is 0 Å². The van der Waals surface area contributed by atoms with Crippen molar-refractivity contribution in [1.82, 2.24) is 0 Å². The van der Waals surface area contributed by atoms with Gasteiger partial charge in [-0.05, 0) is 30.5 Å². The lowest BCUT2D eigenvalue weighted by atomic mass is 10.2. The van der Waals surface area contributed by atoms with Crippen molar-refractivity contribution in [1.29, 1.82) is 0 Å². The zero-order valence-corrected chi connectivity index (χ0v) is 9.88. The molecule has 1 aromatic rings. The van der Waals surface area contributed by atoms with Gasteiger partial charge >= 0.3 is 0 Å². The Morgan fingerprint density at radius 3 is 2.82 bits per heavy atom. The topological polar surface area (TPSA) is 84.0 Å². The summed E-state index contributed by atoms with van der Waals surface area (Å²) in [6.07, 6.45) is 4.11. The summed E-state index contributed by atoms with van der Waals surface area (Å²) in [7, 11) is 0. The Morgan fingerprint density at radius 1 is 1.24 bits per heavy atom. The average Bonchev–Trinajstić information content (AvgIpc) is 2.33. The van der Waals surface area contributed by atoms with E-state index in [4.69, 9.17) is 16.0 Å². The van der Waals surface area contributed by atoms with Crippen molar-refractivity contribution in [3.05, 3.63) is 34.7 Å². The highest BCUT2D eigenvalue weighted by Gasteiger charge is 1.94. The second-order valence-electron chi connectivity index (χ2n) is 3.79. The molecule has 2 N–H and O–H groups in total. The van der Waals surface area contributed by atoms with Gasteiger partial charge in [0, 0.05) is 23.2 Å². The molecule has 0 aromatic heterocycles. The summed E-state index contributed by atoms with van der Waals surface area (Å²) in [6.45, 7) is 1.29. The number of azide groups is 1. The summed E-state index contributed by atoms with van der Waals surface area (Å²) in [6, 6.07) is 7.44. The van der Waals surface area contributed by atoms with Crippen LogP contribution in [-0.4, -0.2) is 13.2 Å². The van der Waals surface area contributed by atoms with E-state index >= 15 is 0 Å². The smallest absolute Gasteiger partial charge is 0.121 e. The Labute approximate surface area is 101 Å². The lowest BCUT2D eigenvalue weighted by Gasteiger charge is -2.06. The van der Waals surface area contributed by atoms with Gasteiger partial charge in [0.05, 0.1) is 6.61 Å². The summed E-state index contributed by atoms with van der Waals surface area (Å²) in [5.74, 6) is 0.819. The number of ether oxygens (including phenoxy) is 1. The minimum Gasteiger partial charge on any atom is -0.494 e. The van der Waals surface area contributed by atoms with Gasteiger partial charge in [-0.1, -0.05) is 24.0 Å². The molecule has 0 radical (unpaired) electrons. The summed E-state index contributed by atoms with van der Waals surface area (Å²) < 4.78 is 5.55. The van der Waals surface area contributed by atoms with Crippen molar-refractivity contribution >= 4 is 5.69 Å². The van der Waals surface area contributed by atoms with Crippen LogP contribution < -0.4 is 10.5 Å². The molecule has 0 bridgehead atoms. The number of anilines is 1. The van der Waals surface area contributed by atoms with Crippen LogP contribution in [0.25, 0.3) is 10.4 Å². The molecule has 0 aliphatic carbocycles. The third-order valence-corrected chi connectivity index (χ3v) is 2.34. The van der Waals surface area contributed by atoms with Crippen molar-refractivity contribution < 1.29 is 4.74 Å².